The zero-order valence-electron chi connectivity index (χ0n) is 14.2. The van der Waals surface area contributed by atoms with Gasteiger partial charge in [-0.1, -0.05) is 37.5 Å². The van der Waals surface area contributed by atoms with E-state index >= 15 is 0 Å². The fourth-order valence-corrected chi connectivity index (χ4v) is 3.65. The summed E-state index contributed by atoms with van der Waals surface area (Å²) in [5, 5.41) is 0. The molecule has 6 heteroatoms. The van der Waals surface area contributed by atoms with E-state index in [1.54, 1.807) is 24.3 Å². The second-order valence-electron chi connectivity index (χ2n) is 6.41. The highest BCUT2D eigenvalue weighted by molar-refractivity contribution is 7.86. The Balaban J connectivity index is 2.14. The molecule has 0 amide bonds. The molecule has 1 saturated heterocycles. The van der Waals surface area contributed by atoms with Gasteiger partial charge in [-0.15, -0.1) is 0 Å². The lowest BCUT2D eigenvalue weighted by Gasteiger charge is -2.24. The molecule has 0 aromatic heterocycles. The molecule has 1 aliphatic heterocycles. The first-order valence-corrected chi connectivity index (χ1v) is 9.46. The molecular weight excluding hydrogens is 316 g/mol. The molecule has 23 heavy (non-hydrogen) atoms. The van der Waals surface area contributed by atoms with Crippen LogP contribution in [0.15, 0.2) is 29.2 Å². The lowest BCUT2D eigenvalue weighted by atomic mass is 10.1. The molecule has 5 nitrogen and oxygen atoms in total. The van der Waals surface area contributed by atoms with Gasteiger partial charge in [0, 0.05) is 0 Å². The van der Waals surface area contributed by atoms with E-state index in [2.05, 4.69) is 6.92 Å². The molecule has 1 fully saturated rings. The van der Waals surface area contributed by atoms with Crippen molar-refractivity contribution in [2.24, 2.45) is 0 Å². The minimum Gasteiger partial charge on any atom is -0.348 e. The molecule has 2 rings (SSSR count). The van der Waals surface area contributed by atoms with Gasteiger partial charge in [-0.3, -0.25) is 4.18 Å². The van der Waals surface area contributed by atoms with Gasteiger partial charge in [-0.25, -0.2) is 0 Å². The fourth-order valence-electron chi connectivity index (χ4n) is 2.52. The molecule has 1 aliphatic rings. The van der Waals surface area contributed by atoms with Crippen LogP contribution in [0.1, 0.15) is 45.6 Å². The molecule has 0 bridgehead atoms. The highest BCUT2D eigenvalue weighted by Gasteiger charge is 2.39. The number of hydrogen-bond acceptors (Lipinski definition) is 5. The van der Waals surface area contributed by atoms with Crippen LogP contribution in [0.4, 0.5) is 0 Å². The molecular formula is C17H26O5S. The Kier molecular flexibility index (Phi) is 5.84. The van der Waals surface area contributed by atoms with Crippen molar-refractivity contribution >= 4 is 10.1 Å². The number of unbranched alkanes of at least 4 members (excludes halogenated alkanes) is 1. The lowest BCUT2D eigenvalue weighted by molar-refractivity contribution is -0.149. The Morgan fingerprint density at radius 3 is 2.48 bits per heavy atom. The van der Waals surface area contributed by atoms with Gasteiger partial charge in [0.25, 0.3) is 10.1 Å². The van der Waals surface area contributed by atoms with Crippen molar-refractivity contribution in [3.05, 3.63) is 29.8 Å². The summed E-state index contributed by atoms with van der Waals surface area (Å²) in [6.07, 6.45) is 1.53. The van der Waals surface area contributed by atoms with E-state index in [0.717, 1.165) is 18.4 Å². The Morgan fingerprint density at radius 1 is 1.30 bits per heavy atom. The molecule has 1 aromatic rings. The van der Waals surface area contributed by atoms with Crippen molar-refractivity contribution in [3.63, 3.8) is 0 Å². The molecule has 1 heterocycles. The Hall–Kier alpha value is -0.950. The molecule has 0 radical (unpaired) electrons. The predicted octanol–water partition coefficient (Wildman–Crippen LogP) is 3.41. The average Bonchev–Trinajstić information content (AvgIpc) is 2.84. The molecule has 2 atom stereocenters. The van der Waals surface area contributed by atoms with Gasteiger partial charge in [0.1, 0.15) is 12.2 Å². The summed E-state index contributed by atoms with van der Waals surface area (Å²) in [5.74, 6) is -0.702. The van der Waals surface area contributed by atoms with Gasteiger partial charge in [-0.2, -0.15) is 8.42 Å². The Bertz CT molecular complexity index is 606. The van der Waals surface area contributed by atoms with Crippen molar-refractivity contribution in [2.75, 3.05) is 6.61 Å². The maximum absolute atomic E-state index is 12.5. The number of hydrogen-bond donors (Lipinski definition) is 0. The van der Waals surface area contributed by atoms with Gasteiger partial charge in [0.05, 0.1) is 11.5 Å². The van der Waals surface area contributed by atoms with E-state index in [4.69, 9.17) is 13.7 Å². The third-order valence-corrected chi connectivity index (χ3v) is 5.20. The highest BCUT2D eigenvalue weighted by Crippen LogP contribution is 2.29. The van der Waals surface area contributed by atoms with Gasteiger partial charge in [0.2, 0.25) is 0 Å². The van der Waals surface area contributed by atoms with Crippen LogP contribution in [0.3, 0.4) is 0 Å². The quantitative estimate of drug-likeness (QED) is 0.711. The second-order valence-corrected chi connectivity index (χ2v) is 7.98. The predicted molar refractivity (Wildman–Crippen MR) is 87.7 cm³/mol. The summed E-state index contributed by atoms with van der Waals surface area (Å²) in [4.78, 5) is 0.169. The molecule has 130 valence electrons. The van der Waals surface area contributed by atoms with Gasteiger partial charge < -0.3 is 9.47 Å². The van der Waals surface area contributed by atoms with Crippen LogP contribution in [0.2, 0.25) is 0 Å². The summed E-state index contributed by atoms with van der Waals surface area (Å²) < 4.78 is 41.9. The van der Waals surface area contributed by atoms with E-state index < -0.39 is 22.0 Å². The van der Waals surface area contributed by atoms with E-state index in [1.807, 2.05) is 20.8 Å². The number of aryl methyl sites for hydroxylation is 1. The third kappa shape index (κ3) is 5.01. The van der Waals surface area contributed by atoms with E-state index in [1.165, 1.54) is 0 Å². The summed E-state index contributed by atoms with van der Waals surface area (Å²) >= 11 is 0. The molecule has 0 spiro atoms. The summed E-state index contributed by atoms with van der Waals surface area (Å²) in [6, 6.07) is 6.65. The van der Waals surface area contributed by atoms with Crippen molar-refractivity contribution < 1.29 is 22.1 Å². The maximum atomic E-state index is 12.5. The van der Waals surface area contributed by atoms with Crippen LogP contribution in [-0.4, -0.2) is 33.0 Å². The first-order valence-electron chi connectivity index (χ1n) is 8.05. The molecule has 0 aliphatic carbocycles. The van der Waals surface area contributed by atoms with E-state index in [0.29, 0.717) is 13.0 Å². The first-order chi connectivity index (χ1) is 10.7. The van der Waals surface area contributed by atoms with Crippen LogP contribution >= 0.6 is 0 Å². The summed E-state index contributed by atoms with van der Waals surface area (Å²) in [6.45, 7) is 7.94. The zero-order chi connectivity index (χ0) is 17.1. The molecule has 0 saturated carbocycles. The second kappa shape index (κ2) is 7.30. The normalized spacial score (nSPS) is 22.2. The standard InChI is InChI=1S/C17H26O5S/c1-5-6-7-15(16-12-20-17(3,4)21-16)22-23(18,19)14-10-8-13(2)9-11-14/h8-11,15-16H,5-7,12H2,1-4H3/t15?,16-/m1/s1. The molecule has 1 unspecified atom stereocenters. The van der Waals surface area contributed by atoms with Crippen molar-refractivity contribution in [2.45, 2.75) is 69.8 Å². The monoisotopic (exact) mass is 342 g/mol. The van der Waals surface area contributed by atoms with Crippen LogP contribution in [0.5, 0.6) is 0 Å². The average molecular weight is 342 g/mol. The summed E-state index contributed by atoms with van der Waals surface area (Å²) in [7, 11) is -3.82. The van der Waals surface area contributed by atoms with Crippen LogP contribution < -0.4 is 0 Å². The number of ether oxygens (including phenoxy) is 2. The lowest BCUT2D eigenvalue weighted by Crippen LogP contribution is -2.34. The smallest absolute Gasteiger partial charge is 0.297 e. The zero-order valence-corrected chi connectivity index (χ0v) is 15.1. The van der Waals surface area contributed by atoms with Crippen molar-refractivity contribution in [3.8, 4) is 0 Å². The minimum atomic E-state index is -3.82. The van der Waals surface area contributed by atoms with Crippen LogP contribution in [0.25, 0.3) is 0 Å². The number of rotatable bonds is 7. The first kappa shape index (κ1) is 18.4. The number of benzene rings is 1. The molecule has 1 aromatic carbocycles. The van der Waals surface area contributed by atoms with E-state index in [-0.39, 0.29) is 11.0 Å². The fraction of sp³-hybridized carbons (Fsp3) is 0.647. The SMILES string of the molecule is CCCCC(OS(=O)(=O)c1ccc(C)cc1)[C@H]1COC(C)(C)O1. The van der Waals surface area contributed by atoms with Crippen molar-refractivity contribution in [1.29, 1.82) is 0 Å². The Morgan fingerprint density at radius 2 is 1.96 bits per heavy atom. The largest absolute Gasteiger partial charge is 0.348 e. The van der Waals surface area contributed by atoms with E-state index in [9.17, 15) is 8.42 Å². The Labute approximate surface area is 139 Å². The van der Waals surface area contributed by atoms with Crippen molar-refractivity contribution in [1.82, 2.24) is 0 Å². The topological polar surface area (TPSA) is 61.8 Å². The molecule has 0 N–H and O–H groups in total. The van der Waals surface area contributed by atoms with Gasteiger partial charge >= 0.3 is 0 Å². The minimum absolute atomic E-state index is 0.169. The highest BCUT2D eigenvalue weighted by atomic mass is 32.2. The summed E-state index contributed by atoms with van der Waals surface area (Å²) in [5.41, 5.74) is 1.00. The van der Waals surface area contributed by atoms with Gasteiger partial charge in [-0.05, 0) is 39.3 Å². The third-order valence-electron chi connectivity index (χ3n) is 3.85. The maximum Gasteiger partial charge on any atom is 0.297 e. The van der Waals surface area contributed by atoms with Crippen LogP contribution in [-0.2, 0) is 23.8 Å². The van der Waals surface area contributed by atoms with Gasteiger partial charge in [0.15, 0.2) is 5.79 Å². The van der Waals surface area contributed by atoms with Crippen LogP contribution in [0, 0.1) is 6.92 Å².